The van der Waals surface area contributed by atoms with Gasteiger partial charge in [0.2, 0.25) is 0 Å². The number of aromatic nitrogens is 2. The van der Waals surface area contributed by atoms with E-state index in [0.29, 0.717) is 0 Å². The number of hydrogen-bond donors (Lipinski definition) is 2. The summed E-state index contributed by atoms with van der Waals surface area (Å²) in [5.41, 5.74) is 8.37. The molecular formula is C9H10N4. The Labute approximate surface area is 75.7 Å². The van der Waals surface area contributed by atoms with Gasteiger partial charge < -0.3 is 11.6 Å². The van der Waals surface area contributed by atoms with Crippen molar-refractivity contribution in [1.29, 1.82) is 0 Å². The fourth-order valence-corrected chi connectivity index (χ4v) is 1.16. The summed E-state index contributed by atoms with van der Waals surface area (Å²) in [5.74, 6) is 5.43. The number of benzene rings is 1. The van der Waals surface area contributed by atoms with Crippen LogP contribution in [0.3, 0.4) is 0 Å². The van der Waals surface area contributed by atoms with Gasteiger partial charge in [0.25, 0.3) is 0 Å². The number of nitrogens with two attached hydrogens (primary N) is 2. The standard InChI is InChI=1S/C9H10N4/c10-9-3-1-7(2-4-9)8-5-12-13(11)6-8/h1-6H,10-11H2. The third-order valence-corrected chi connectivity index (χ3v) is 1.85. The molecule has 4 heteroatoms. The third kappa shape index (κ3) is 1.46. The number of rotatable bonds is 1. The minimum Gasteiger partial charge on any atom is -0.399 e. The van der Waals surface area contributed by atoms with Crippen LogP contribution in [0.1, 0.15) is 0 Å². The predicted octanol–water partition coefficient (Wildman–Crippen LogP) is 0.846. The van der Waals surface area contributed by atoms with Gasteiger partial charge in [-0.15, -0.1) is 0 Å². The molecule has 0 saturated heterocycles. The monoisotopic (exact) mass is 174 g/mol. The van der Waals surface area contributed by atoms with Crippen molar-refractivity contribution >= 4 is 5.69 Å². The summed E-state index contributed by atoms with van der Waals surface area (Å²) in [5, 5.41) is 3.88. The number of anilines is 1. The van der Waals surface area contributed by atoms with Crippen LogP contribution >= 0.6 is 0 Å². The van der Waals surface area contributed by atoms with E-state index >= 15 is 0 Å². The molecular weight excluding hydrogens is 164 g/mol. The molecule has 0 aliphatic rings. The lowest BCUT2D eigenvalue weighted by molar-refractivity contribution is 0.832. The average molecular weight is 174 g/mol. The summed E-state index contributed by atoms with van der Waals surface area (Å²) in [4.78, 5) is 1.28. The zero-order chi connectivity index (χ0) is 9.26. The van der Waals surface area contributed by atoms with Crippen LogP contribution < -0.4 is 11.6 Å². The summed E-state index contributed by atoms with van der Waals surface area (Å²) in [7, 11) is 0. The van der Waals surface area contributed by atoms with Gasteiger partial charge in [-0.25, -0.2) is 0 Å². The molecule has 0 saturated carbocycles. The van der Waals surface area contributed by atoms with Crippen molar-refractivity contribution in [1.82, 2.24) is 9.89 Å². The van der Waals surface area contributed by atoms with Crippen LogP contribution in [0.25, 0.3) is 11.1 Å². The van der Waals surface area contributed by atoms with Crippen LogP contribution in [-0.2, 0) is 0 Å². The molecule has 1 heterocycles. The van der Waals surface area contributed by atoms with E-state index in [4.69, 9.17) is 11.6 Å². The van der Waals surface area contributed by atoms with Crippen molar-refractivity contribution in [2.75, 3.05) is 11.6 Å². The molecule has 0 radical (unpaired) electrons. The Morgan fingerprint density at radius 2 is 1.77 bits per heavy atom. The molecule has 2 aromatic rings. The van der Waals surface area contributed by atoms with E-state index in [0.717, 1.165) is 16.8 Å². The normalized spacial score (nSPS) is 10.2. The van der Waals surface area contributed by atoms with Gasteiger partial charge in [0.15, 0.2) is 0 Å². The zero-order valence-corrected chi connectivity index (χ0v) is 7.01. The summed E-state index contributed by atoms with van der Waals surface area (Å²) < 4.78 is 0. The molecule has 0 bridgehead atoms. The topological polar surface area (TPSA) is 69.9 Å². The van der Waals surface area contributed by atoms with Gasteiger partial charge in [0.05, 0.1) is 12.4 Å². The van der Waals surface area contributed by atoms with E-state index < -0.39 is 0 Å². The van der Waals surface area contributed by atoms with Gasteiger partial charge in [-0.3, -0.25) is 0 Å². The Hall–Kier alpha value is -1.97. The Balaban J connectivity index is 2.41. The van der Waals surface area contributed by atoms with Crippen LogP contribution in [0.2, 0.25) is 0 Å². The summed E-state index contributed by atoms with van der Waals surface area (Å²) in [6, 6.07) is 7.57. The van der Waals surface area contributed by atoms with E-state index in [1.165, 1.54) is 4.79 Å². The van der Waals surface area contributed by atoms with Crippen LogP contribution in [0, 0.1) is 0 Å². The molecule has 0 aliphatic carbocycles. The van der Waals surface area contributed by atoms with Gasteiger partial charge >= 0.3 is 0 Å². The predicted molar refractivity (Wildman–Crippen MR) is 52.2 cm³/mol. The molecule has 13 heavy (non-hydrogen) atoms. The van der Waals surface area contributed by atoms with Crippen molar-refractivity contribution in [2.24, 2.45) is 0 Å². The zero-order valence-electron chi connectivity index (χ0n) is 7.01. The molecule has 1 aromatic heterocycles. The molecule has 0 atom stereocenters. The maximum Gasteiger partial charge on any atom is 0.0589 e. The van der Waals surface area contributed by atoms with Gasteiger partial charge in [-0.05, 0) is 17.7 Å². The molecule has 0 amide bonds. The lowest BCUT2D eigenvalue weighted by atomic mass is 10.1. The third-order valence-electron chi connectivity index (χ3n) is 1.85. The summed E-state index contributed by atoms with van der Waals surface area (Å²) in [6.45, 7) is 0. The highest BCUT2D eigenvalue weighted by Gasteiger charge is 1.98. The van der Waals surface area contributed by atoms with E-state index in [9.17, 15) is 0 Å². The Morgan fingerprint density at radius 3 is 2.31 bits per heavy atom. The van der Waals surface area contributed by atoms with Crippen LogP contribution in [0.5, 0.6) is 0 Å². The molecule has 0 fully saturated rings. The van der Waals surface area contributed by atoms with Crippen LogP contribution in [0.15, 0.2) is 36.7 Å². The van der Waals surface area contributed by atoms with Gasteiger partial charge in [-0.2, -0.15) is 9.89 Å². The first kappa shape index (κ1) is 7.67. The van der Waals surface area contributed by atoms with Gasteiger partial charge in [0.1, 0.15) is 0 Å². The molecule has 0 aliphatic heterocycles. The fourth-order valence-electron chi connectivity index (χ4n) is 1.16. The fraction of sp³-hybridized carbons (Fsp3) is 0. The van der Waals surface area contributed by atoms with Crippen LogP contribution in [0.4, 0.5) is 5.69 Å². The van der Waals surface area contributed by atoms with E-state index in [-0.39, 0.29) is 0 Å². The molecule has 4 nitrogen and oxygen atoms in total. The highest BCUT2D eigenvalue weighted by molar-refractivity contribution is 5.63. The maximum absolute atomic E-state index is 5.56. The Bertz CT molecular complexity index is 402. The first-order valence-corrected chi connectivity index (χ1v) is 3.91. The van der Waals surface area contributed by atoms with E-state index in [2.05, 4.69) is 5.10 Å². The quantitative estimate of drug-likeness (QED) is 0.497. The molecule has 4 N–H and O–H groups in total. The summed E-state index contributed by atoms with van der Waals surface area (Å²) in [6.07, 6.45) is 3.47. The highest BCUT2D eigenvalue weighted by Crippen LogP contribution is 2.18. The van der Waals surface area contributed by atoms with E-state index in [1.54, 1.807) is 12.4 Å². The minimum atomic E-state index is 0.754. The Morgan fingerprint density at radius 1 is 1.08 bits per heavy atom. The lowest BCUT2D eigenvalue weighted by Crippen LogP contribution is -2.06. The number of nitrogens with zero attached hydrogens (tertiary/aromatic N) is 2. The molecule has 0 spiro atoms. The Kier molecular flexibility index (Phi) is 1.66. The second-order valence-corrected chi connectivity index (χ2v) is 2.83. The molecule has 0 unspecified atom stereocenters. The first-order valence-electron chi connectivity index (χ1n) is 3.91. The number of nitrogen functional groups attached to an aromatic ring is 2. The molecule has 66 valence electrons. The van der Waals surface area contributed by atoms with Crippen molar-refractivity contribution in [3.8, 4) is 11.1 Å². The maximum atomic E-state index is 5.56. The smallest absolute Gasteiger partial charge is 0.0589 e. The molecule has 2 rings (SSSR count). The summed E-state index contributed by atoms with van der Waals surface area (Å²) >= 11 is 0. The number of hydrogen-bond acceptors (Lipinski definition) is 3. The average Bonchev–Trinajstić information content (AvgIpc) is 2.53. The van der Waals surface area contributed by atoms with Crippen molar-refractivity contribution in [3.63, 3.8) is 0 Å². The lowest BCUT2D eigenvalue weighted by Gasteiger charge is -1.96. The van der Waals surface area contributed by atoms with E-state index in [1.807, 2.05) is 24.3 Å². The van der Waals surface area contributed by atoms with Crippen LogP contribution in [-0.4, -0.2) is 9.89 Å². The first-order chi connectivity index (χ1) is 6.25. The van der Waals surface area contributed by atoms with Crippen molar-refractivity contribution in [2.45, 2.75) is 0 Å². The minimum absolute atomic E-state index is 0.754. The van der Waals surface area contributed by atoms with Gasteiger partial charge in [-0.1, -0.05) is 12.1 Å². The second-order valence-electron chi connectivity index (χ2n) is 2.83. The highest BCUT2D eigenvalue weighted by atomic mass is 15.5. The second kappa shape index (κ2) is 2.82. The molecule has 1 aromatic carbocycles. The SMILES string of the molecule is Nc1ccc(-c2cnn(N)c2)cc1. The van der Waals surface area contributed by atoms with Crippen molar-refractivity contribution in [3.05, 3.63) is 36.7 Å². The van der Waals surface area contributed by atoms with Crippen molar-refractivity contribution < 1.29 is 0 Å². The largest absolute Gasteiger partial charge is 0.399 e. The van der Waals surface area contributed by atoms with Gasteiger partial charge in [0, 0.05) is 11.3 Å².